The molecule has 2 aliphatic rings. The van der Waals surface area contributed by atoms with Gasteiger partial charge in [-0.25, -0.2) is 0 Å². The minimum absolute atomic E-state index is 0.0953. The maximum Gasteiger partial charge on any atom is 0.241 e. The van der Waals surface area contributed by atoms with Gasteiger partial charge in [0.25, 0.3) is 0 Å². The van der Waals surface area contributed by atoms with Crippen LogP contribution in [0.2, 0.25) is 5.02 Å². The molecular formula is C20H22ClN5O. The summed E-state index contributed by atoms with van der Waals surface area (Å²) in [5, 5.41) is 5.16. The lowest BCUT2D eigenvalue weighted by molar-refractivity contribution is -0.144. The fraction of sp³-hybridized carbons (Fsp3) is 0.350. The van der Waals surface area contributed by atoms with Crippen molar-refractivity contribution in [3.05, 3.63) is 64.9 Å². The van der Waals surface area contributed by atoms with Gasteiger partial charge in [0.2, 0.25) is 5.91 Å². The number of amides is 1. The quantitative estimate of drug-likeness (QED) is 0.878. The average molecular weight is 384 g/mol. The van der Waals surface area contributed by atoms with E-state index in [0.29, 0.717) is 24.4 Å². The van der Waals surface area contributed by atoms with E-state index in [1.165, 1.54) is 0 Å². The summed E-state index contributed by atoms with van der Waals surface area (Å²) in [7, 11) is 2.01. The van der Waals surface area contributed by atoms with E-state index in [1.807, 2.05) is 48.3 Å². The number of benzene rings is 1. The Hall–Kier alpha value is -2.44. The first-order chi connectivity index (χ1) is 13.1. The Labute approximate surface area is 163 Å². The number of aromatic nitrogens is 1. The number of hydrogen-bond acceptors (Lipinski definition) is 5. The number of likely N-dealkylation sites (N-methyl/N-ethyl adjacent to an activating group) is 1. The Kier molecular flexibility index (Phi) is 5.09. The highest BCUT2D eigenvalue weighted by atomic mass is 35.5. The van der Waals surface area contributed by atoms with Gasteiger partial charge in [0, 0.05) is 42.5 Å². The summed E-state index contributed by atoms with van der Waals surface area (Å²) in [5.74, 6) is 0.141. The molecule has 6 nitrogen and oxygen atoms in total. The molecule has 2 aromatic rings. The third-order valence-corrected chi connectivity index (χ3v) is 5.51. The fourth-order valence-corrected chi connectivity index (χ4v) is 3.77. The van der Waals surface area contributed by atoms with E-state index < -0.39 is 0 Å². The smallest absolute Gasteiger partial charge is 0.241 e. The molecular weight excluding hydrogens is 362 g/mol. The number of piperazine rings is 1. The van der Waals surface area contributed by atoms with Crippen molar-refractivity contribution in [2.75, 3.05) is 20.1 Å². The largest absolute Gasteiger partial charge is 0.318 e. The fourth-order valence-electron chi connectivity index (χ4n) is 3.64. The van der Waals surface area contributed by atoms with E-state index in [2.05, 4.69) is 20.4 Å². The van der Waals surface area contributed by atoms with Crippen LogP contribution in [-0.2, 0) is 11.2 Å². The van der Waals surface area contributed by atoms with E-state index in [1.54, 1.807) is 12.4 Å². The van der Waals surface area contributed by atoms with E-state index >= 15 is 0 Å². The Bertz CT molecular complexity index is 839. The van der Waals surface area contributed by atoms with Crippen LogP contribution in [-0.4, -0.2) is 58.7 Å². The van der Waals surface area contributed by atoms with Gasteiger partial charge in [-0.1, -0.05) is 23.7 Å². The van der Waals surface area contributed by atoms with Gasteiger partial charge in [0.1, 0.15) is 6.17 Å². The van der Waals surface area contributed by atoms with Gasteiger partial charge in [-0.2, -0.15) is 5.10 Å². The standard InChI is InChI=1S/C20H22ClN5O/c1-25-10-11-26(19-13-17(23-24-19)15-6-8-22-9-7-15)20(27)18(25)12-14-2-4-16(21)5-3-14/h2-9,18-19,24H,10-13H2,1H3/t18-,19?/m0/s1. The van der Waals surface area contributed by atoms with Gasteiger partial charge in [-0.3, -0.25) is 20.1 Å². The Morgan fingerprint density at radius 3 is 2.63 bits per heavy atom. The molecule has 0 saturated carbocycles. The molecule has 2 aliphatic heterocycles. The average Bonchev–Trinajstić information content (AvgIpc) is 3.17. The molecule has 0 bridgehead atoms. The van der Waals surface area contributed by atoms with Crippen LogP contribution in [0.25, 0.3) is 0 Å². The molecule has 0 spiro atoms. The van der Waals surface area contributed by atoms with Crippen molar-refractivity contribution in [3.63, 3.8) is 0 Å². The van der Waals surface area contributed by atoms with Gasteiger partial charge >= 0.3 is 0 Å². The van der Waals surface area contributed by atoms with Crippen molar-refractivity contribution in [3.8, 4) is 0 Å². The van der Waals surface area contributed by atoms with Crippen molar-refractivity contribution >= 4 is 23.2 Å². The number of carbonyl (C=O) groups is 1. The first-order valence-corrected chi connectivity index (χ1v) is 9.47. The second-order valence-electron chi connectivity index (χ2n) is 7.00. The summed E-state index contributed by atoms with van der Waals surface area (Å²) < 4.78 is 0. The van der Waals surface area contributed by atoms with Crippen molar-refractivity contribution < 1.29 is 4.79 Å². The Balaban J connectivity index is 1.45. The predicted molar refractivity (Wildman–Crippen MR) is 106 cm³/mol. The molecule has 3 heterocycles. The number of rotatable bonds is 4. The molecule has 140 valence electrons. The highest BCUT2D eigenvalue weighted by Crippen LogP contribution is 2.21. The zero-order chi connectivity index (χ0) is 18.8. The van der Waals surface area contributed by atoms with Crippen molar-refractivity contribution in [2.24, 2.45) is 5.10 Å². The van der Waals surface area contributed by atoms with Crippen LogP contribution < -0.4 is 5.43 Å². The van der Waals surface area contributed by atoms with Gasteiger partial charge < -0.3 is 4.90 Å². The lowest BCUT2D eigenvalue weighted by Gasteiger charge is -2.41. The number of nitrogens with zero attached hydrogens (tertiary/aromatic N) is 4. The van der Waals surface area contributed by atoms with Gasteiger partial charge in [-0.15, -0.1) is 0 Å². The first kappa shape index (κ1) is 17.9. The second-order valence-corrected chi connectivity index (χ2v) is 7.44. The molecule has 1 saturated heterocycles. The number of carbonyl (C=O) groups excluding carboxylic acids is 1. The lowest BCUT2D eigenvalue weighted by atomic mass is 10.0. The SMILES string of the molecule is CN1CCN(C2CC(c3ccncc3)=NN2)C(=O)[C@@H]1Cc1ccc(Cl)cc1. The molecule has 1 aromatic heterocycles. The molecule has 1 N–H and O–H groups in total. The van der Waals surface area contributed by atoms with Crippen LogP contribution in [0.1, 0.15) is 17.5 Å². The van der Waals surface area contributed by atoms with Crippen LogP contribution in [0.3, 0.4) is 0 Å². The van der Waals surface area contributed by atoms with E-state index in [-0.39, 0.29) is 18.1 Å². The van der Waals surface area contributed by atoms with Gasteiger partial charge in [-0.05, 0) is 43.3 Å². The molecule has 1 aromatic carbocycles. The van der Waals surface area contributed by atoms with Crippen molar-refractivity contribution in [2.45, 2.75) is 25.0 Å². The second kappa shape index (κ2) is 7.66. The topological polar surface area (TPSA) is 60.8 Å². The first-order valence-electron chi connectivity index (χ1n) is 9.09. The molecule has 27 heavy (non-hydrogen) atoms. The summed E-state index contributed by atoms with van der Waals surface area (Å²) in [6.45, 7) is 1.54. The summed E-state index contributed by atoms with van der Waals surface area (Å²) in [5.41, 5.74) is 6.26. The maximum absolute atomic E-state index is 13.2. The number of nitrogens with one attached hydrogen (secondary N) is 1. The number of hydrazone groups is 1. The maximum atomic E-state index is 13.2. The third-order valence-electron chi connectivity index (χ3n) is 5.26. The Morgan fingerprint density at radius 2 is 1.89 bits per heavy atom. The van der Waals surface area contributed by atoms with Crippen LogP contribution in [0.15, 0.2) is 53.9 Å². The van der Waals surface area contributed by atoms with Crippen LogP contribution in [0.5, 0.6) is 0 Å². The number of hydrogen-bond donors (Lipinski definition) is 1. The summed E-state index contributed by atoms with van der Waals surface area (Å²) in [6, 6.07) is 11.4. The highest BCUT2D eigenvalue weighted by Gasteiger charge is 2.38. The van der Waals surface area contributed by atoms with E-state index in [4.69, 9.17) is 11.6 Å². The monoisotopic (exact) mass is 383 g/mol. The number of halogens is 1. The molecule has 4 rings (SSSR count). The molecule has 2 atom stereocenters. The van der Waals surface area contributed by atoms with E-state index in [0.717, 1.165) is 23.4 Å². The summed E-state index contributed by atoms with van der Waals surface area (Å²) in [4.78, 5) is 21.3. The summed E-state index contributed by atoms with van der Waals surface area (Å²) >= 11 is 5.97. The molecule has 1 fully saturated rings. The molecule has 7 heteroatoms. The molecule has 0 radical (unpaired) electrons. The van der Waals surface area contributed by atoms with Crippen molar-refractivity contribution in [1.82, 2.24) is 20.2 Å². The molecule has 1 amide bonds. The molecule has 0 aliphatic carbocycles. The minimum Gasteiger partial charge on any atom is -0.318 e. The van der Waals surface area contributed by atoms with E-state index in [9.17, 15) is 4.79 Å². The zero-order valence-corrected chi connectivity index (χ0v) is 15.9. The molecule has 1 unspecified atom stereocenters. The Morgan fingerprint density at radius 1 is 1.15 bits per heavy atom. The third kappa shape index (κ3) is 3.82. The number of pyridine rings is 1. The highest BCUT2D eigenvalue weighted by molar-refractivity contribution is 6.30. The summed E-state index contributed by atoms with van der Waals surface area (Å²) in [6.07, 6.45) is 4.80. The predicted octanol–water partition coefficient (Wildman–Crippen LogP) is 2.14. The van der Waals surface area contributed by atoms with Gasteiger partial charge in [0.15, 0.2) is 0 Å². The van der Waals surface area contributed by atoms with Crippen LogP contribution in [0, 0.1) is 0 Å². The van der Waals surface area contributed by atoms with Crippen molar-refractivity contribution in [1.29, 1.82) is 0 Å². The minimum atomic E-state index is -0.174. The van der Waals surface area contributed by atoms with Gasteiger partial charge in [0.05, 0.1) is 11.8 Å². The zero-order valence-electron chi connectivity index (χ0n) is 15.2. The van der Waals surface area contributed by atoms with Crippen LogP contribution >= 0.6 is 11.6 Å². The normalized spacial score (nSPS) is 23.3. The van der Waals surface area contributed by atoms with Crippen LogP contribution in [0.4, 0.5) is 0 Å². The lowest BCUT2D eigenvalue weighted by Crippen LogP contribution is -2.60.